The summed E-state index contributed by atoms with van der Waals surface area (Å²) in [7, 11) is 0. The fraction of sp³-hybridized carbons (Fsp3) is 0.273. The van der Waals surface area contributed by atoms with Gasteiger partial charge in [-0.1, -0.05) is 22.9 Å². The first-order chi connectivity index (χ1) is 7.61. The summed E-state index contributed by atoms with van der Waals surface area (Å²) in [6, 6.07) is 3.79. The second-order valence-electron chi connectivity index (χ2n) is 3.52. The van der Waals surface area contributed by atoms with Gasteiger partial charge in [0.05, 0.1) is 0 Å². The molecule has 0 fully saturated rings. The molecule has 1 aromatic carbocycles. The van der Waals surface area contributed by atoms with Crippen LogP contribution >= 0.6 is 15.9 Å². The van der Waals surface area contributed by atoms with Gasteiger partial charge in [-0.2, -0.15) is 0 Å². The zero-order valence-corrected chi connectivity index (χ0v) is 10.7. The molecule has 2 aromatic rings. The Kier molecular flexibility index (Phi) is 2.96. The predicted molar refractivity (Wildman–Crippen MR) is 66.0 cm³/mol. The second kappa shape index (κ2) is 4.25. The first-order valence-electron chi connectivity index (χ1n) is 5.00. The lowest BCUT2D eigenvalue weighted by molar-refractivity contribution is 0.512. The van der Waals surface area contributed by atoms with Crippen LogP contribution in [0.3, 0.4) is 0 Å². The molecule has 0 unspecified atom stereocenters. The fourth-order valence-corrected chi connectivity index (χ4v) is 1.90. The van der Waals surface area contributed by atoms with Crippen molar-refractivity contribution in [2.75, 3.05) is 5.73 Å². The second-order valence-corrected chi connectivity index (χ2v) is 4.44. The number of halogens is 1. The van der Waals surface area contributed by atoms with E-state index in [2.05, 4.69) is 26.1 Å². The van der Waals surface area contributed by atoms with Gasteiger partial charge in [0, 0.05) is 22.1 Å². The van der Waals surface area contributed by atoms with Crippen molar-refractivity contribution in [1.82, 2.24) is 10.2 Å². The van der Waals surface area contributed by atoms with Crippen LogP contribution in [-0.4, -0.2) is 10.2 Å². The van der Waals surface area contributed by atoms with Crippen molar-refractivity contribution in [1.29, 1.82) is 0 Å². The summed E-state index contributed by atoms with van der Waals surface area (Å²) in [5.41, 5.74) is 8.41. The van der Waals surface area contributed by atoms with Crippen LogP contribution in [0.1, 0.15) is 18.4 Å². The van der Waals surface area contributed by atoms with Crippen LogP contribution in [0, 0.1) is 6.92 Å². The van der Waals surface area contributed by atoms with E-state index >= 15 is 0 Å². The summed E-state index contributed by atoms with van der Waals surface area (Å²) in [6.07, 6.45) is 0.732. The van der Waals surface area contributed by atoms with Gasteiger partial charge >= 0.3 is 0 Å². The van der Waals surface area contributed by atoms with Gasteiger partial charge in [0.2, 0.25) is 11.8 Å². The van der Waals surface area contributed by atoms with Crippen molar-refractivity contribution in [3.63, 3.8) is 0 Å². The smallest absolute Gasteiger partial charge is 0.248 e. The van der Waals surface area contributed by atoms with Gasteiger partial charge in [0.1, 0.15) is 0 Å². The van der Waals surface area contributed by atoms with Gasteiger partial charge in [0.25, 0.3) is 0 Å². The molecule has 0 atom stereocenters. The van der Waals surface area contributed by atoms with Gasteiger partial charge in [0.15, 0.2) is 0 Å². The molecule has 0 saturated carbocycles. The highest BCUT2D eigenvalue weighted by Crippen LogP contribution is 2.30. The molecule has 0 spiro atoms. The summed E-state index contributed by atoms with van der Waals surface area (Å²) < 4.78 is 6.42. The molecule has 0 amide bonds. The lowest BCUT2D eigenvalue weighted by atomic mass is 10.1. The number of nitrogen functional groups attached to an aromatic ring is 1. The van der Waals surface area contributed by atoms with E-state index in [-0.39, 0.29) is 0 Å². The van der Waals surface area contributed by atoms with Gasteiger partial charge in [-0.3, -0.25) is 0 Å². The molecule has 5 heteroatoms. The number of aromatic nitrogens is 2. The van der Waals surface area contributed by atoms with Crippen molar-refractivity contribution < 1.29 is 4.42 Å². The van der Waals surface area contributed by atoms with Crippen LogP contribution in [-0.2, 0) is 6.42 Å². The van der Waals surface area contributed by atoms with Crippen LogP contribution < -0.4 is 5.73 Å². The molecule has 2 N–H and O–H groups in total. The monoisotopic (exact) mass is 281 g/mol. The van der Waals surface area contributed by atoms with E-state index < -0.39 is 0 Å². The Morgan fingerprint density at radius 2 is 2.12 bits per heavy atom. The van der Waals surface area contributed by atoms with E-state index in [4.69, 9.17) is 10.2 Å². The fourth-order valence-electron chi connectivity index (χ4n) is 1.43. The molecular formula is C11H12BrN3O. The van der Waals surface area contributed by atoms with Crippen LogP contribution in [0.5, 0.6) is 0 Å². The molecular weight excluding hydrogens is 270 g/mol. The molecule has 0 saturated heterocycles. The zero-order chi connectivity index (χ0) is 11.7. The highest BCUT2D eigenvalue weighted by atomic mass is 79.9. The van der Waals surface area contributed by atoms with E-state index in [0.717, 1.165) is 22.0 Å². The van der Waals surface area contributed by atoms with Crippen LogP contribution in [0.4, 0.5) is 5.69 Å². The molecule has 0 bridgehead atoms. The number of anilines is 1. The summed E-state index contributed by atoms with van der Waals surface area (Å²) >= 11 is 3.40. The first kappa shape index (κ1) is 11.1. The molecule has 16 heavy (non-hydrogen) atoms. The topological polar surface area (TPSA) is 64.9 Å². The molecule has 0 aliphatic carbocycles. The van der Waals surface area contributed by atoms with E-state index in [1.165, 1.54) is 0 Å². The van der Waals surface area contributed by atoms with E-state index in [1.54, 1.807) is 0 Å². The average Bonchev–Trinajstić information content (AvgIpc) is 2.71. The zero-order valence-electron chi connectivity index (χ0n) is 9.12. The quantitative estimate of drug-likeness (QED) is 0.860. The summed E-state index contributed by atoms with van der Waals surface area (Å²) in [5.74, 6) is 1.15. The maximum Gasteiger partial charge on any atom is 0.248 e. The van der Waals surface area contributed by atoms with Crippen LogP contribution in [0.25, 0.3) is 11.5 Å². The number of nitrogens with two attached hydrogens (primary N) is 1. The highest BCUT2D eigenvalue weighted by Gasteiger charge is 2.12. The number of aryl methyl sites for hydroxylation is 1. The van der Waals surface area contributed by atoms with Gasteiger partial charge in [-0.15, -0.1) is 10.2 Å². The molecule has 0 radical (unpaired) electrons. The van der Waals surface area contributed by atoms with Crippen molar-refractivity contribution in [2.24, 2.45) is 0 Å². The third kappa shape index (κ3) is 1.95. The molecule has 0 aliphatic heterocycles. The minimum absolute atomic E-state index is 0.516. The van der Waals surface area contributed by atoms with Crippen LogP contribution in [0.2, 0.25) is 0 Å². The Bertz CT molecular complexity index is 522. The Morgan fingerprint density at radius 3 is 2.75 bits per heavy atom. The maximum absolute atomic E-state index is 5.88. The third-order valence-electron chi connectivity index (χ3n) is 2.41. The van der Waals surface area contributed by atoms with Crippen molar-refractivity contribution in [3.05, 3.63) is 28.1 Å². The largest absolute Gasteiger partial charge is 0.421 e. The molecule has 1 aromatic heterocycles. The number of benzene rings is 1. The number of nitrogens with zero attached hydrogens (tertiary/aromatic N) is 2. The molecule has 84 valence electrons. The molecule has 0 aliphatic rings. The molecule has 4 nitrogen and oxygen atoms in total. The van der Waals surface area contributed by atoms with Gasteiger partial charge in [-0.05, 0) is 24.6 Å². The number of hydrogen-bond donors (Lipinski definition) is 1. The van der Waals surface area contributed by atoms with Crippen LogP contribution in [0.15, 0.2) is 21.0 Å². The van der Waals surface area contributed by atoms with Gasteiger partial charge < -0.3 is 10.2 Å². The molecule has 1 heterocycles. The van der Waals surface area contributed by atoms with E-state index in [9.17, 15) is 0 Å². The van der Waals surface area contributed by atoms with E-state index in [1.807, 2.05) is 26.0 Å². The van der Waals surface area contributed by atoms with Gasteiger partial charge in [-0.25, -0.2) is 0 Å². The molecule has 2 rings (SSSR count). The highest BCUT2D eigenvalue weighted by molar-refractivity contribution is 9.10. The summed E-state index contributed by atoms with van der Waals surface area (Å²) in [6.45, 7) is 3.91. The number of rotatable bonds is 2. The minimum atomic E-state index is 0.516. The lowest BCUT2D eigenvalue weighted by Crippen LogP contribution is -1.93. The van der Waals surface area contributed by atoms with Crippen molar-refractivity contribution in [2.45, 2.75) is 20.3 Å². The lowest BCUT2D eigenvalue weighted by Gasteiger charge is -2.05. The Labute approximate surface area is 102 Å². The third-order valence-corrected chi connectivity index (χ3v) is 2.87. The Morgan fingerprint density at radius 1 is 1.38 bits per heavy atom. The predicted octanol–water partition coefficient (Wildman–Crippen LogP) is 2.95. The van der Waals surface area contributed by atoms with Crippen molar-refractivity contribution in [3.8, 4) is 11.5 Å². The SMILES string of the molecule is CCc1nnc(-c2cc(Br)cc(N)c2C)o1. The summed E-state index contributed by atoms with van der Waals surface area (Å²) in [4.78, 5) is 0. The average molecular weight is 282 g/mol. The number of hydrogen-bond acceptors (Lipinski definition) is 4. The normalized spacial score (nSPS) is 10.7. The van der Waals surface area contributed by atoms with Crippen molar-refractivity contribution >= 4 is 21.6 Å². The van der Waals surface area contributed by atoms with E-state index in [0.29, 0.717) is 17.5 Å². The first-order valence-corrected chi connectivity index (χ1v) is 5.79. The Balaban J connectivity index is 2.54. The minimum Gasteiger partial charge on any atom is -0.421 e. The standard InChI is InChI=1S/C11H12BrN3O/c1-3-10-14-15-11(16-10)8-4-7(12)5-9(13)6(8)2/h4-5H,3,13H2,1-2H3. The maximum atomic E-state index is 5.88. The summed E-state index contributed by atoms with van der Waals surface area (Å²) in [5, 5.41) is 7.95. The Hall–Kier alpha value is -1.36.